The molecule has 0 bridgehead atoms. The van der Waals surface area contributed by atoms with Crippen molar-refractivity contribution in [3.05, 3.63) is 54.1 Å². The number of para-hydroxylation sites is 1. The van der Waals surface area contributed by atoms with Crippen molar-refractivity contribution in [3.63, 3.8) is 0 Å². The molecule has 6 heteroatoms. The Hall–Kier alpha value is -1.96. The Kier molecular flexibility index (Phi) is 8.39. The summed E-state index contributed by atoms with van der Waals surface area (Å²) in [4.78, 5) is 4.41. The highest BCUT2D eigenvalue weighted by molar-refractivity contribution is 14.0. The van der Waals surface area contributed by atoms with Crippen LogP contribution in [0.4, 0.5) is 5.69 Å². The molecule has 130 valence electrons. The standard InChI is InChI=1S/C18H23N3O2.HI/c1-13(16-6-4-5-7-17(16)23-3)12-20-18(19)21-14-8-10-15(22-2)11-9-14;/h4-11,13H,12H2,1-3H3,(H3,19,20,21);1H. The molecule has 2 aromatic carbocycles. The minimum Gasteiger partial charge on any atom is -0.497 e. The first-order valence-electron chi connectivity index (χ1n) is 7.48. The predicted octanol–water partition coefficient (Wildman–Crippen LogP) is 3.85. The number of methoxy groups -OCH3 is 2. The van der Waals surface area contributed by atoms with Crippen LogP contribution in [0.2, 0.25) is 0 Å². The van der Waals surface area contributed by atoms with Crippen molar-refractivity contribution in [2.24, 2.45) is 10.7 Å². The van der Waals surface area contributed by atoms with Gasteiger partial charge in [-0.15, -0.1) is 24.0 Å². The van der Waals surface area contributed by atoms with Gasteiger partial charge >= 0.3 is 0 Å². The van der Waals surface area contributed by atoms with E-state index in [1.54, 1.807) is 14.2 Å². The number of halogens is 1. The lowest BCUT2D eigenvalue weighted by molar-refractivity contribution is 0.407. The van der Waals surface area contributed by atoms with Gasteiger partial charge in [-0.1, -0.05) is 25.1 Å². The van der Waals surface area contributed by atoms with E-state index in [1.165, 1.54) is 0 Å². The number of hydrogen-bond acceptors (Lipinski definition) is 3. The van der Waals surface area contributed by atoms with Crippen LogP contribution in [0.15, 0.2) is 53.5 Å². The molecule has 0 aliphatic carbocycles. The van der Waals surface area contributed by atoms with E-state index in [0.717, 1.165) is 22.7 Å². The summed E-state index contributed by atoms with van der Waals surface area (Å²) in [5.74, 6) is 2.27. The molecule has 0 aliphatic rings. The largest absolute Gasteiger partial charge is 0.497 e. The van der Waals surface area contributed by atoms with Gasteiger partial charge in [-0.25, -0.2) is 0 Å². The molecule has 0 radical (unpaired) electrons. The lowest BCUT2D eigenvalue weighted by atomic mass is 10.0. The summed E-state index contributed by atoms with van der Waals surface area (Å²) in [7, 11) is 3.31. The molecule has 3 N–H and O–H groups in total. The predicted molar refractivity (Wildman–Crippen MR) is 110 cm³/mol. The summed E-state index contributed by atoms with van der Waals surface area (Å²) in [6, 6.07) is 15.5. The third-order valence-electron chi connectivity index (χ3n) is 3.57. The molecule has 0 fully saturated rings. The molecule has 0 saturated carbocycles. The molecule has 0 aromatic heterocycles. The second-order valence-corrected chi connectivity index (χ2v) is 5.22. The highest BCUT2D eigenvalue weighted by atomic mass is 127. The van der Waals surface area contributed by atoms with E-state index in [1.807, 2.05) is 48.5 Å². The van der Waals surface area contributed by atoms with Gasteiger partial charge in [-0.3, -0.25) is 4.99 Å². The normalized spacial score (nSPS) is 12.0. The molecular formula is C18H24IN3O2. The zero-order valence-corrected chi connectivity index (χ0v) is 16.5. The molecule has 0 spiro atoms. The first-order valence-corrected chi connectivity index (χ1v) is 7.48. The van der Waals surface area contributed by atoms with Gasteiger partial charge in [0.05, 0.1) is 14.2 Å². The topological polar surface area (TPSA) is 68.9 Å². The number of aliphatic imine (C=N–C) groups is 1. The average molecular weight is 441 g/mol. The molecule has 0 heterocycles. The van der Waals surface area contributed by atoms with Crippen LogP contribution in [-0.4, -0.2) is 26.7 Å². The Bertz CT molecular complexity index is 660. The van der Waals surface area contributed by atoms with E-state index in [2.05, 4.69) is 17.2 Å². The van der Waals surface area contributed by atoms with E-state index >= 15 is 0 Å². The first-order chi connectivity index (χ1) is 11.1. The molecule has 0 saturated heterocycles. The van der Waals surface area contributed by atoms with Crippen LogP contribution in [0.3, 0.4) is 0 Å². The second-order valence-electron chi connectivity index (χ2n) is 5.22. The minimum absolute atomic E-state index is 0. The van der Waals surface area contributed by atoms with Gasteiger partial charge in [-0.05, 0) is 35.9 Å². The van der Waals surface area contributed by atoms with E-state index in [0.29, 0.717) is 12.5 Å². The number of nitrogens with two attached hydrogens (primary N) is 1. The van der Waals surface area contributed by atoms with Gasteiger partial charge in [-0.2, -0.15) is 0 Å². The molecule has 0 amide bonds. The van der Waals surface area contributed by atoms with Crippen molar-refractivity contribution in [2.75, 3.05) is 26.1 Å². The van der Waals surface area contributed by atoms with Crippen molar-refractivity contribution in [3.8, 4) is 11.5 Å². The Morgan fingerprint density at radius 1 is 1.08 bits per heavy atom. The molecule has 24 heavy (non-hydrogen) atoms. The molecule has 0 aliphatic heterocycles. The fourth-order valence-electron chi connectivity index (χ4n) is 2.27. The van der Waals surface area contributed by atoms with Crippen molar-refractivity contribution < 1.29 is 9.47 Å². The van der Waals surface area contributed by atoms with Gasteiger partial charge in [0.1, 0.15) is 11.5 Å². The van der Waals surface area contributed by atoms with Crippen molar-refractivity contribution in [1.29, 1.82) is 0 Å². The lowest BCUT2D eigenvalue weighted by Gasteiger charge is -2.14. The number of ether oxygens (including phenoxy) is 2. The van der Waals surface area contributed by atoms with Gasteiger partial charge < -0.3 is 20.5 Å². The number of anilines is 1. The van der Waals surface area contributed by atoms with E-state index in [4.69, 9.17) is 15.2 Å². The van der Waals surface area contributed by atoms with E-state index < -0.39 is 0 Å². The quantitative estimate of drug-likeness (QED) is 0.406. The highest BCUT2D eigenvalue weighted by Crippen LogP contribution is 2.26. The SMILES string of the molecule is COc1ccc(NC(N)=NCC(C)c2ccccc2OC)cc1.I. The summed E-state index contributed by atoms with van der Waals surface area (Å²) in [5.41, 5.74) is 7.94. The maximum atomic E-state index is 5.95. The van der Waals surface area contributed by atoms with Gasteiger partial charge in [0.25, 0.3) is 0 Å². The van der Waals surface area contributed by atoms with Crippen LogP contribution in [0.1, 0.15) is 18.4 Å². The van der Waals surface area contributed by atoms with E-state index in [-0.39, 0.29) is 29.9 Å². The summed E-state index contributed by atoms with van der Waals surface area (Å²) < 4.78 is 10.5. The zero-order chi connectivity index (χ0) is 16.7. The van der Waals surface area contributed by atoms with Gasteiger partial charge in [0.2, 0.25) is 0 Å². The third-order valence-corrected chi connectivity index (χ3v) is 3.57. The summed E-state index contributed by atoms with van der Waals surface area (Å²) >= 11 is 0. The number of nitrogens with one attached hydrogen (secondary N) is 1. The maximum Gasteiger partial charge on any atom is 0.193 e. The van der Waals surface area contributed by atoms with E-state index in [9.17, 15) is 0 Å². The average Bonchev–Trinajstić information content (AvgIpc) is 2.60. The summed E-state index contributed by atoms with van der Waals surface area (Å²) in [6.07, 6.45) is 0. The van der Waals surface area contributed by atoms with Crippen molar-refractivity contribution in [2.45, 2.75) is 12.8 Å². The fraction of sp³-hybridized carbons (Fsp3) is 0.278. The molecular weight excluding hydrogens is 417 g/mol. The van der Waals surface area contributed by atoms with Crippen LogP contribution in [0.5, 0.6) is 11.5 Å². The second kappa shape index (κ2) is 10.0. The summed E-state index contributed by atoms with van der Waals surface area (Å²) in [6.45, 7) is 2.68. The van der Waals surface area contributed by atoms with Crippen LogP contribution >= 0.6 is 24.0 Å². The Morgan fingerprint density at radius 2 is 1.75 bits per heavy atom. The third kappa shape index (κ3) is 5.59. The van der Waals surface area contributed by atoms with Crippen LogP contribution < -0.4 is 20.5 Å². The van der Waals surface area contributed by atoms with Gasteiger partial charge in [0, 0.05) is 18.2 Å². The lowest BCUT2D eigenvalue weighted by Crippen LogP contribution is -2.23. The molecule has 2 aromatic rings. The fourth-order valence-corrected chi connectivity index (χ4v) is 2.27. The smallest absolute Gasteiger partial charge is 0.193 e. The first kappa shape index (κ1) is 20.1. The maximum absolute atomic E-state index is 5.95. The van der Waals surface area contributed by atoms with Crippen molar-refractivity contribution in [1.82, 2.24) is 0 Å². The van der Waals surface area contributed by atoms with Gasteiger partial charge in [0.15, 0.2) is 5.96 Å². The minimum atomic E-state index is 0. The Labute approximate surface area is 160 Å². The molecule has 2 rings (SSSR count). The number of benzene rings is 2. The number of nitrogens with zero attached hydrogens (tertiary/aromatic N) is 1. The number of rotatable bonds is 6. The number of guanidine groups is 1. The highest BCUT2D eigenvalue weighted by Gasteiger charge is 2.10. The molecule has 5 nitrogen and oxygen atoms in total. The summed E-state index contributed by atoms with van der Waals surface area (Å²) in [5, 5.41) is 3.07. The Morgan fingerprint density at radius 3 is 2.38 bits per heavy atom. The zero-order valence-electron chi connectivity index (χ0n) is 14.2. The van der Waals surface area contributed by atoms with Crippen LogP contribution in [0.25, 0.3) is 0 Å². The molecule has 1 unspecified atom stereocenters. The Balaban J connectivity index is 0.00000288. The van der Waals surface area contributed by atoms with Crippen LogP contribution in [-0.2, 0) is 0 Å². The van der Waals surface area contributed by atoms with Crippen LogP contribution in [0, 0.1) is 0 Å². The number of hydrogen-bond donors (Lipinski definition) is 2. The monoisotopic (exact) mass is 441 g/mol. The molecule has 1 atom stereocenters. The van der Waals surface area contributed by atoms with Crippen molar-refractivity contribution >= 4 is 35.6 Å².